The van der Waals surface area contributed by atoms with Gasteiger partial charge in [-0.05, 0) is 39.5 Å². The van der Waals surface area contributed by atoms with Crippen LogP contribution in [0.4, 0.5) is 0 Å². The van der Waals surface area contributed by atoms with E-state index < -0.39 is 23.4 Å². The van der Waals surface area contributed by atoms with Gasteiger partial charge in [0.25, 0.3) is 0 Å². The zero-order valence-electron chi connectivity index (χ0n) is 10.8. The first-order valence-corrected chi connectivity index (χ1v) is 5.91. The van der Waals surface area contributed by atoms with Gasteiger partial charge in [0, 0.05) is 0 Å². The Balaban J connectivity index is 2.59. The summed E-state index contributed by atoms with van der Waals surface area (Å²) in [5.74, 6) is -2.03. The van der Waals surface area contributed by atoms with Gasteiger partial charge in [-0.25, -0.2) is 5.48 Å². The summed E-state index contributed by atoms with van der Waals surface area (Å²) < 4.78 is 0. The molecule has 1 amide bonds. The van der Waals surface area contributed by atoms with E-state index in [-0.39, 0.29) is 11.8 Å². The number of aliphatic carboxylic acids is 1. The summed E-state index contributed by atoms with van der Waals surface area (Å²) in [6, 6.07) is 0. The van der Waals surface area contributed by atoms with Crippen LogP contribution < -0.4 is 5.48 Å². The second-order valence-corrected chi connectivity index (χ2v) is 5.81. The smallest absolute Gasteiger partial charge is 0.307 e. The predicted molar refractivity (Wildman–Crippen MR) is 62.0 cm³/mol. The largest absolute Gasteiger partial charge is 0.481 e. The van der Waals surface area contributed by atoms with Gasteiger partial charge in [0.15, 0.2) is 0 Å². The summed E-state index contributed by atoms with van der Waals surface area (Å²) in [6.45, 7) is 7.42. The molecule has 2 N–H and O–H groups in total. The summed E-state index contributed by atoms with van der Waals surface area (Å²) in [4.78, 5) is 28.1. The number of carboxylic acids is 1. The van der Waals surface area contributed by atoms with Gasteiger partial charge in [0.2, 0.25) is 5.91 Å². The van der Waals surface area contributed by atoms with E-state index in [2.05, 4.69) is 5.48 Å². The molecular weight excluding hydrogens is 222 g/mol. The number of hydroxylamine groups is 1. The molecule has 0 heterocycles. The molecule has 1 fully saturated rings. The van der Waals surface area contributed by atoms with E-state index in [9.17, 15) is 9.59 Å². The van der Waals surface area contributed by atoms with Gasteiger partial charge in [-0.2, -0.15) is 0 Å². The molecule has 0 radical (unpaired) electrons. The Labute approximate surface area is 101 Å². The molecule has 0 aliphatic heterocycles. The SMILES string of the molecule is CC1CC(C(=O)O)C(C(=O)NOC(C)(C)C)C1. The van der Waals surface area contributed by atoms with Crippen LogP contribution in [0.2, 0.25) is 0 Å². The van der Waals surface area contributed by atoms with E-state index in [1.807, 2.05) is 27.7 Å². The molecule has 1 saturated carbocycles. The second kappa shape index (κ2) is 5.04. The van der Waals surface area contributed by atoms with Crippen molar-refractivity contribution < 1.29 is 19.5 Å². The van der Waals surface area contributed by atoms with Gasteiger partial charge >= 0.3 is 5.97 Å². The number of carbonyl (C=O) groups is 2. The molecule has 0 saturated heterocycles. The summed E-state index contributed by atoms with van der Waals surface area (Å²) in [6.07, 6.45) is 1.17. The van der Waals surface area contributed by atoms with Crippen LogP contribution in [0, 0.1) is 17.8 Å². The van der Waals surface area contributed by atoms with Gasteiger partial charge in [0.05, 0.1) is 17.4 Å². The summed E-state index contributed by atoms with van der Waals surface area (Å²) in [7, 11) is 0. The molecule has 5 nitrogen and oxygen atoms in total. The van der Waals surface area contributed by atoms with E-state index >= 15 is 0 Å². The van der Waals surface area contributed by atoms with E-state index in [0.29, 0.717) is 12.8 Å². The van der Waals surface area contributed by atoms with Crippen molar-refractivity contribution in [2.75, 3.05) is 0 Å². The summed E-state index contributed by atoms with van der Waals surface area (Å²) in [5, 5.41) is 9.06. The van der Waals surface area contributed by atoms with Crippen molar-refractivity contribution in [2.24, 2.45) is 17.8 Å². The van der Waals surface area contributed by atoms with Crippen LogP contribution in [0.15, 0.2) is 0 Å². The van der Waals surface area contributed by atoms with Crippen molar-refractivity contribution in [3.8, 4) is 0 Å². The number of carboxylic acid groups (broad SMARTS) is 1. The van der Waals surface area contributed by atoms with E-state index in [1.165, 1.54) is 0 Å². The van der Waals surface area contributed by atoms with Gasteiger partial charge in [-0.1, -0.05) is 6.92 Å². The number of hydrogen-bond acceptors (Lipinski definition) is 3. The fraction of sp³-hybridized carbons (Fsp3) is 0.833. The number of nitrogens with one attached hydrogen (secondary N) is 1. The van der Waals surface area contributed by atoms with Gasteiger partial charge in [-0.3, -0.25) is 14.4 Å². The highest BCUT2D eigenvalue weighted by Gasteiger charge is 2.41. The van der Waals surface area contributed by atoms with Crippen molar-refractivity contribution >= 4 is 11.9 Å². The lowest BCUT2D eigenvalue weighted by Crippen LogP contribution is -2.39. The van der Waals surface area contributed by atoms with Crippen LogP contribution in [-0.4, -0.2) is 22.6 Å². The molecule has 0 aromatic rings. The molecule has 0 spiro atoms. The third kappa shape index (κ3) is 4.00. The van der Waals surface area contributed by atoms with Gasteiger partial charge in [0.1, 0.15) is 0 Å². The van der Waals surface area contributed by atoms with Crippen LogP contribution in [-0.2, 0) is 14.4 Å². The molecule has 0 aromatic carbocycles. The molecule has 1 aliphatic rings. The molecule has 3 unspecified atom stereocenters. The van der Waals surface area contributed by atoms with Crippen LogP contribution in [0.1, 0.15) is 40.5 Å². The number of carbonyl (C=O) groups excluding carboxylic acids is 1. The molecule has 0 bridgehead atoms. The van der Waals surface area contributed by atoms with E-state index in [1.54, 1.807) is 0 Å². The van der Waals surface area contributed by atoms with Crippen LogP contribution >= 0.6 is 0 Å². The molecule has 5 heteroatoms. The topological polar surface area (TPSA) is 75.6 Å². The average Bonchev–Trinajstić information content (AvgIpc) is 2.55. The predicted octanol–water partition coefficient (Wildman–Crippen LogP) is 1.58. The molecule has 1 rings (SSSR count). The Morgan fingerprint density at radius 3 is 2.24 bits per heavy atom. The maximum atomic E-state index is 11.9. The summed E-state index contributed by atoms with van der Waals surface area (Å²) >= 11 is 0. The number of rotatable bonds is 3. The Morgan fingerprint density at radius 2 is 1.76 bits per heavy atom. The Morgan fingerprint density at radius 1 is 1.24 bits per heavy atom. The van der Waals surface area contributed by atoms with Crippen molar-refractivity contribution in [2.45, 2.75) is 46.1 Å². The van der Waals surface area contributed by atoms with Crippen molar-refractivity contribution in [1.29, 1.82) is 0 Å². The Kier molecular flexibility index (Phi) is 4.14. The highest BCUT2D eigenvalue weighted by Crippen LogP contribution is 2.36. The maximum absolute atomic E-state index is 11.9. The first-order chi connectivity index (χ1) is 7.70. The molecule has 17 heavy (non-hydrogen) atoms. The number of amides is 1. The third-order valence-corrected chi connectivity index (χ3v) is 2.91. The van der Waals surface area contributed by atoms with Gasteiger partial charge < -0.3 is 5.11 Å². The quantitative estimate of drug-likeness (QED) is 0.738. The third-order valence-electron chi connectivity index (χ3n) is 2.91. The van der Waals surface area contributed by atoms with Crippen molar-refractivity contribution in [3.63, 3.8) is 0 Å². The van der Waals surface area contributed by atoms with Crippen LogP contribution in [0.25, 0.3) is 0 Å². The highest BCUT2D eigenvalue weighted by atomic mass is 16.7. The average molecular weight is 243 g/mol. The minimum atomic E-state index is -0.898. The normalized spacial score (nSPS) is 29.1. The summed E-state index contributed by atoms with van der Waals surface area (Å²) in [5.41, 5.74) is 1.89. The van der Waals surface area contributed by atoms with Crippen molar-refractivity contribution in [1.82, 2.24) is 5.48 Å². The monoisotopic (exact) mass is 243 g/mol. The maximum Gasteiger partial charge on any atom is 0.307 e. The fourth-order valence-corrected chi connectivity index (χ4v) is 2.13. The molecular formula is C12H21NO4. The first kappa shape index (κ1) is 14.0. The van der Waals surface area contributed by atoms with E-state index in [4.69, 9.17) is 9.94 Å². The van der Waals surface area contributed by atoms with E-state index in [0.717, 1.165) is 0 Å². The standard InChI is InChI=1S/C12H21NO4/c1-7-5-8(9(6-7)11(15)16)10(14)13-17-12(2,3)4/h7-9H,5-6H2,1-4H3,(H,13,14)(H,15,16). The zero-order chi connectivity index (χ0) is 13.2. The lowest BCUT2D eigenvalue weighted by atomic mass is 9.96. The fourth-order valence-electron chi connectivity index (χ4n) is 2.13. The minimum Gasteiger partial charge on any atom is -0.481 e. The molecule has 1 aliphatic carbocycles. The highest BCUT2D eigenvalue weighted by molar-refractivity contribution is 5.84. The van der Waals surface area contributed by atoms with Crippen LogP contribution in [0.5, 0.6) is 0 Å². The lowest BCUT2D eigenvalue weighted by molar-refractivity contribution is -0.156. The van der Waals surface area contributed by atoms with Crippen molar-refractivity contribution in [3.05, 3.63) is 0 Å². The minimum absolute atomic E-state index is 0.265. The first-order valence-electron chi connectivity index (χ1n) is 5.91. The van der Waals surface area contributed by atoms with Gasteiger partial charge in [-0.15, -0.1) is 0 Å². The lowest BCUT2D eigenvalue weighted by Gasteiger charge is -2.22. The Hall–Kier alpha value is -1.10. The molecule has 0 aromatic heterocycles. The van der Waals surface area contributed by atoms with Crippen LogP contribution in [0.3, 0.4) is 0 Å². The molecule has 3 atom stereocenters. The number of hydrogen-bond donors (Lipinski definition) is 2. The Bertz CT molecular complexity index is 308. The zero-order valence-corrected chi connectivity index (χ0v) is 10.8. The molecule has 98 valence electrons. The second-order valence-electron chi connectivity index (χ2n) is 5.81.